The van der Waals surface area contributed by atoms with Crippen LogP contribution in [-0.2, 0) is 4.79 Å². The number of esters is 1. The molecule has 0 bridgehead atoms. The van der Waals surface area contributed by atoms with Crippen molar-refractivity contribution in [1.29, 1.82) is 0 Å². The van der Waals surface area contributed by atoms with Crippen LogP contribution >= 0.6 is 0 Å². The van der Waals surface area contributed by atoms with Crippen LogP contribution in [0.25, 0.3) is 0 Å². The van der Waals surface area contributed by atoms with Crippen LogP contribution in [0, 0.1) is 23.7 Å². The molecular weight excluding hydrogens is 422 g/mol. The third-order valence-corrected chi connectivity index (χ3v) is 8.27. The first-order valence-corrected chi connectivity index (χ1v) is 14.5. The predicted molar refractivity (Wildman–Crippen MR) is 139 cm³/mol. The minimum Gasteiger partial charge on any atom is -0.478 e. The first-order valence-electron chi connectivity index (χ1n) is 14.5. The number of hydrogen-bond donors (Lipinski definition) is 0. The predicted octanol–water partition coefficient (Wildman–Crippen LogP) is 8.53. The molecule has 192 valence electrons. The van der Waals surface area contributed by atoms with E-state index >= 15 is 0 Å². The molecule has 0 spiro atoms. The van der Waals surface area contributed by atoms with Crippen LogP contribution in [0.5, 0.6) is 11.6 Å². The number of ether oxygens (including phenoxy) is 2. The second kappa shape index (κ2) is 15.4. The van der Waals surface area contributed by atoms with Gasteiger partial charge in [-0.1, -0.05) is 90.9 Å². The van der Waals surface area contributed by atoms with Gasteiger partial charge in [0.05, 0.1) is 18.7 Å². The van der Waals surface area contributed by atoms with Crippen molar-refractivity contribution < 1.29 is 14.3 Å². The lowest BCUT2D eigenvalue weighted by Crippen LogP contribution is -2.26. The zero-order chi connectivity index (χ0) is 24.0. The normalized spacial score (nSPS) is 25.1. The number of carbonyl (C=O) groups excluding carboxylic acids is 1. The van der Waals surface area contributed by atoms with E-state index in [2.05, 4.69) is 18.8 Å². The summed E-state index contributed by atoms with van der Waals surface area (Å²) >= 11 is 0. The Morgan fingerprint density at radius 1 is 0.794 bits per heavy atom. The lowest BCUT2D eigenvalue weighted by molar-refractivity contribution is -0.140. The fourth-order valence-electron chi connectivity index (χ4n) is 5.86. The SMILES string of the molecule is CCCCCC[C@H]1CC[C@H](CC[C@H]2CC[C@H](C(=O)Oc3ccc(OCCCC)nc3)CC2)CC1. The van der Waals surface area contributed by atoms with Crippen molar-refractivity contribution in [3.05, 3.63) is 18.3 Å². The Labute approximate surface area is 208 Å². The summed E-state index contributed by atoms with van der Waals surface area (Å²) in [5.41, 5.74) is 0. The zero-order valence-corrected chi connectivity index (χ0v) is 21.9. The molecule has 1 aromatic rings. The molecule has 1 aromatic heterocycles. The Hall–Kier alpha value is -1.58. The lowest BCUT2D eigenvalue weighted by atomic mass is 9.75. The fraction of sp³-hybridized carbons (Fsp3) is 0.800. The molecule has 1 heterocycles. The number of unbranched alkanes of at least 4 members (excludes halogenated alkanes) is 4. The average Bonchev–Trinajstić information content (AvgIpc) is 2.87. The topological polar surface area (TPSA) is 48.4 Å². The molecule has 3 rings (SSSR count). The summed E-state index contributed by atoms with van der Waals surface area (Å²) in [5, 5.41) is 0. The molecule has 0 atom stereocenters. The quantitative estimate of drug-likeness (QED) is 0.201. The van der Waals surface area contributed by atoms with Gasteiger partial charge in [0, 0.05) is 6.07 Å². The summed E-state index contributed by atoms with van der Waals surface area (Å²) in [7, 11) is 0. The Bertz CT molecular complexity index is 673. The van der Waals surface area contributed by atoms with E-state index < -0.39 is 0 Å². The monoisotopic (exact) mass is 471 g/mol. The third-order valence-electron chi connectivity index (χ3n) is 8.27. The molecular formula is C30H49NO3. The van der Waals surface area contributed by atoms with E-state index in [-0.39, 0.29) is 11.9 Å². The molecule has 0 aromatic carbocycles. The van der Waals surface area contributed by atoms with E-state index in [0.29, 0.717) is 18.2 Å². The second-order valence-corrected chi connectivity index (χ2v) is 11.0. The standard InChI is InChI=1S/C30H49NO3/c1-3-5-7-8-9-24-10-12-25(13-11-24)14-15-26-16-18-27(19-17-26)30(32)34-28-20-21-29(31-23-28)33-22-6-4-2/h20-21,23-27H,3-19,22H2,1-2H3/t24-,25-,26-,27-. The lowest BCUT2D eigenvalue weighted by Gasteiger charge is -2.31. The molecule has 2 fully saturated rings. The molecule has 4 heteroatoms. The number of hydrogen-bond acceptors (Lipinski definition) is 4. The van der Waals surface area contributed by atoms with E-state index in [4.69, 9.17) is 9.47 Å². The largest absolute Gasteiger partial charge is 0.478 e. The maximum Gasteiger partial charge on any atom is 0.314 e. The molecule has 0 aliphatic heterocycles. The highest BCUT2D eigenvalue weighted by Gasteiger charge is 2.29. The highest BCUT2D eigenvalue weighted by molar-refractivity contribution is 5.75. The minimum atomic E-state index is -0.0860. The van der Waals surface area contributed by atoms with Gasteiger partial charge in [0.1, 0.15) is 5.75 Å². The third kappa shape index (κ3) is 9.58. The van der Waals surface area contributed by atoms with Crippen molar-refractivity contribution in [2.45, 2.75) is 123 Å². The summed E-state index contributed by atoms with van der Waals surface area (Å²) in [6.07, 6.45) is 23.7. The molecule has 4 nitrogen and oxygen atoms in total. The fourth-order valence-corrected chi connectivity index (χ4v) is 5.86. The van der Waals surface area contributed by atoms with Crippen molar-refractivity contribution in [2.75, 3.05) is 6.61 Å². The first kappa shape index (κ1) is 27.0. The minimum absolute atomic E-state index is 0.0416. The Morgan fingerprint density at radius 2 is 1.41 bits per heavy atom. The van der Waals surface area contributed by atoms with E-state index in [1.54, 1.807) is 18.3 Å². The van der Waals surface area contributed by atoms with E-state index in [0.717, 1.165) is 43.4 Å². The van der Waals surface area contributed by atoms with E-state index in [1.165, 1.54) is 83.5 Å². The Morgan fingerprint density at radius 3 is 2.00 bits per heavy atom. The van der Waals surface area contributed by atoms with Crippen LogP contribution in [0.3, 0.4) is 0 Å². The van der Waals surface area contributed by atoms with Crippen LogP contribution in [0.15, 0.2) is 18.3 Å². The molecule has 2 saturated carbocycles. The number of nitrogens with zero attached hydrogens (tertiary/aromatic N) is 1. The highest BCUT2D eigenvalue weighted by Crippen LogP contribution is 2.38. The van der Waals surface area contributed by atoms with Gasteiger partial charge in [-0.2, -0.15) is 0 Å². The van der Waals surface area contributed by atoms with Crippen molar-refractivity contribution in [3.8, 4) is 11.6 Å². The maximum atomic E-state index is 12.6. The summed E-state index contributed by atoms with van der Waals surface area (Å²) in [6.45, 7) is 5.10. The summed E-state index contributed by atoms with van der Waals surface area (Å²) < 4.78 is 11.2. The smallest absolute Gasteiger partial charge is 0.314 e. The van der Waals surface area contributed by atoms with E-state index in [1.807, 2.05) is 0 Å². The van der Waals surface area contributed by atoms with Gasteiger partial charge in [0.25, 0.3) is 0 Å². The molecule has 0 amide bonds. The molecule has 0 radical (unpaired) electrons. The van der Waals surface area contributed by atoms with Crippen LogP contribution in [0.4, 0.5) is 0 Å². The van der Waals surface area contributed by atoms with E-state index in [9.17, 15) is 4.79 Å². The average molecular weight is 472 g/mol. The van der Waals surface area contributed by atoms with Crippen molar-refractivity contribution >= 4 is 5.97 Å². The first-order chi connectivity index (χ1) is 16.7. The number of carbonyl (C=O) groups is 1. The molecule has 0 unspecified atom stereocenters. The summed E-state index contributed by atoms with van der Waals surface area (Å²) in [4.78, 5) is 16.9. The van der Waals surface area contributed by atoms with Crippen molar-refractivity contribution in [3.63, 3.8) is 0 Å². The van der Waals surface area contributed by atoms with Gasteiger partial charge in [-0.3, -0.25) is 4.79 Å². The Balaban J connectivity index is 1.27. The van der Waals surface area contributed by atoms with Gasteiger partial charge >= 0.3 is 5.97 Å². The summed E-state index contributed by atoms with van der Waals surface area (Å²) in [5.74, 6) is 3.84. The van der Waals surface area contributed by atoms with Gasteiger partial charge in [-0.25, -0.2) is 4.98 Å². The van der Waals surface area contributed by atoms with Gasteiger partial charge in [0.15, 0.2) is 0 Å². The van der Waals surface area contributed by atoms with Crippen LogP contribution in [0.2, 0.25) is 0 Å². The van der Waals surface area contributed by atoms with Gasteiger partial charge in [-0.15, -0.1) is 0 Å². The molecule has 0 saturated heterocycles. The maximum absolute atomic E-state index is 12.6. The molecule has 34 heavy (non-hydrogen) atoms. The number of aromatic nitrogens is 1. The molecule has 0 N–H and O–H groups in total. The molecule has 2 aliphatic rings. The number of rotatable bonds is 14. The zero-order valence-electron chi connectivity index (χ0n) is 21.9. The molecule has 2 aliphatic carbocycles. The second-order valence-electron chi connectivity index (χ2n) is 11.0. The van der Waals surface area contributed by atoms with Crippen molar-refractivity contribution in [2.24, 2.45) is 23.7 Å². The van der Waals surface area contributed by atoms with Gasteiger partial charge in [-0.05, 0) is 55.9 Å². The van der Waals surface area contributed by atoms with Crippen LogP contribution in [-0.4, -0.2) is 17.6 Å². The highest BCUT2D eigenvalue weighted by atomic mass is 16.5. The van der Waals surface area contributed by atoms with Crippen LogP contribution < -0.4 is 9.47 Å². The summed E-state index contributed by atoms with van der Waals surface area (Å²) in [6, 6.07) is 3.58. The van der Waals surface area contributed by atoms with Gasteiger partial charge < -0.3 is 9.47 Å². The number of pyridine rings is 1. The van der Waals surface area contributed by atoms with Crippen molar-refractivity contribution in [1.82, 2.24) is 4.98 Å². The van der Waals surface area contributed by atoms with Crippen LogP contribution in [0.1, 0.15) is 123 Å². The Kier molecular flexibility index (Phi) is 12.3. The van der Waals surface area contributed by atoms with Gasteiger partial charge in [0.2, 0.25) is 5.88 Å².